The van der Waals surface area contributed by atoms with Crippen LogP contribution in [0.1, 0.15) is 31.2 Å². The third kappa shape index (κ3) is 2.68. The van der Waals surface area contributed by atoms with Gasteiger partial charge in [-0.15, -0.1) is 0 Å². The molecule has 0 N–H and O–H groups in total. The second kappa shape index (κ2) is 6.34. The normalized spacial score (nSPS) is 21.3. The van der Waals surface area contributed by atoms with E-state index >= 15 is 0 Å². The zero-order valence-corrected chi connectivity index (χ0v) is 15.1. The minimum Gasteiger partial charge on any atom is -0.352 e. The Balaban J connectivity index is 1.92. The average molecular weight is 343 g/mol. The second-order valence-electron chi connectivity index (χ2n) is 6.80. The summed E-state index contributed by atoms with van der Waals surface area (Å²) in [6.07, 6.45) is 4.16. The number of pyridine rings is 1. The molecule has 2 aliphatic rings. The van der Waals surface area contributed by atoms with Gasteiger partial charge >= 0.3 is 0 Å². The lowest BCUT2D eigenvalue weighted by atomic mass is 9.87. The smallest absolute Gasteiger partial charge is 0.155 e. The van der Waals surface area contributed by atoms with Crippen molar-refractivity contribution in [2.75, 3.05) is 38.1 Å². The summed E-state index contributed by atoms with van der Waals surface area (Å²) in [5.74, 6) is 1.54. The highest BCUT2D eigenvalue weighted by Crippen LogP contribution is 2.45. The van der Waals surface area contributed by atoms with Gasteiger partial charge < -0.3 is 9.80 Å². The van der Waals surface area contributed by atoms with Gasteiger partial charge in [0.25, 0.3) is 0 Å². The number of rotatable bonds is 2. The van der Waals surface area contributed by atoms with E-state index in [9.17, 15) is 0 Å². The highest BCUT2D eigenvalue weighted by molar-refractivity contribution is 6.31. The van der Waals surface area contributed by atoms with Crippen molar-refractivity contribution in [3.05, 3.63) is 28.8 Å². The maximum Gasteiger partial charge on any atom is 0.155 e. The largest absolute Gasteiger partial charge is 0.352 e. The molecular weight excluding hydrogens is 320 g/mol. The third-order valence-electron chi connectivity index (χ3n) is 5.26. The summed E-state index contributed by atoms with van der Waals surface area (Å²) >= 11 is 6.27. The summed E-state index contributed by atoms with van der Waals surface area (Å²) < 4.78 is 0. The van der Waals surface area contributed by atoms with Crippen molar-refractivity contribution >= 4 is 40.2 Å². The number of likely N-dealkylation sites (N-methyl/N-ethyl adjacent to an activating group) is 1. The van der Waals surface area contributed by atoms with Gasteiger partial charge in [-0.25, -0.2) is 4.98 Å². The van der Waals surface area contributed by atoms with Crippen LogP contribution in [0.15, 0.2) is 23.2 Å². The van der Waals surface area contributed by atoms with Gasteiger partial charge in [0, 0.05) is 42.8 Å². The number of benzene rings is 1. The van der Waals surface area contributed by atoms with E-state index in [1.165, 1.54) is 10.9 Å². The predicted molar refractivity (Wildman–Crippen MR) is 102 cm³/mol. The SMILES string of the molecule is CCC1CC=Nc2c(N3CCN(C)CC3)nc3ccc(Cl)cc3c21. The van der Waals surface area contributed by atoms with Crippen LogP contribution in [-0.2, 0) is 0 Å². The molecule has 0 saturated carbocycles. The number of hydrogen-bond acceptors (Lipinski definition) is 4. The Morgan fingerprint density at radius 1 is 1.21 bits per heavy atom. The van der Waals surface area contributed by atoms with Crippen LogP contribution >= 0.6 is 11.6 Å². The molecule has 0 aliphatic carbocycles. The summed E-state index contributed by atoms with van der Waals surface area (Å²) in [6.45, 7) is 6.38. The lowest BCUT2D eigenvalue weighted by Gasteiger charge is -2.35. The minimum atomic E-state index is 0.493. The molecule has 0 bridgehead atoms. The summed E-state index contributed by atoms with van der Waals surface area (Å²) in [4.78, 5) is 14.5. The summed E-state index contributed by atoms with van der Waals surface area (Å²) in [6, 6.07) is 6.03. The molecule has 2 aromatic rings. The Kier molecular flexibility index (Phi) is 4.19. The van der Waals surface area contributed by atoms with E-state index in [0.717, 1.165) is 61.1 Å². The highest BCUT2D eigenvalue weighted by atomic mass is 35.5. The Labute approximate surface area is 148 Å². The molecule has 1 aromatic carbocycles. The number of aliphatic imine (C=N–C) groups is 1. The van der Waals surface area contributed by atoms with Crippen molar-refractivity contribution in [3.8, 4) is 0 Å². The molecule has 0 spiro atoms. The quantitative estimate of drug-likeness (QED) is 0.818. The minimum absolute atomic E-state index is 0.493. The number of aromatic nitrogens is 1. The van der Waals surface area contributed by atoms with E-state index in [2.05, 4.69) is 36.1 Å². The first-order valence-electron chi connectivity index (χ1n) is 8.76. The van der Waals surface area contributed by atoms with E-state index in [-0.39, 0.29) is 0 Å². The maximum atomic E-state index is 6.27. The lowest BCUT2D eigenvalue weighted by molar-refractivity contribution is 0.312. The standard InChI is InChI=1S/C19H23ClN4/c1-3-13-6-7-21-18-17(13)15-12-14(20)4-5-16(15)22-19(18)24-10-8-23(2)9-11-24/h4-5,7,12-13H,3,6,8-11H2,1-2H3. The topological polar surface area (TPSA) is 31.7 Å². The first kappa shape index (κ1) is 15.9. The molecule has 0 amide bonds. The van der Waals surface area contributed by atoms with E-state index < -0.39 is 0 Å². The van der Waals surface area contributed by atoms with Gasteiger partial charge in [0.15, 0.2) is 5.82 Å². The highest BCUT2D eigenvalue weighted by Gasteiger charge is 2.27. The molecule has 126 valence electrons. The number of anilines is 1. The molecule has 0 radical (unpaired) electrons. The lowest BCUT2D eigenvalue weighted by Crippen LogP contribution is -2.45. The van der Waals surface area contributed by atoms with E-state index in [1.54, 1.807) is 0 Å². The Bertz CT molecular complexity index is 794. The number of fused-ring (bicyclic) bond motifs is 3. The van der Waals surface area contributed by atoms with Crippen LogP contribution in [0.4, 0.5) is 11.5 Å². The fraction of sp³-hybridized carbons (Fsp3) is 0.474. The third-order valence-corrected chi connectivity index (χ3v) is 5.49. The predicted octanol–water partition coefficient (Wildman–Crippen LogP) is 4.24. The number of nitrogens with zero attached hydrogens (tertiary/aromatic N) is 4. The summed E-state index contributed by atoms with van der Waals surface area (Å²) in [7, 11) is 2.17. The molecule has 2 aliphatic heterocycles. The Morgan fingerprint density at radius 2 is 2.00 bits per heavy atom. The van der Waals surface area contributed by atoms with Crippen LogP contribution in [0.2, 0.25) is 5.02 Å². The Morgan fingerprint density at radius 3 is 2.75 bits per heavy atom. The van der Waals surface area contributed by atoms with Crippen molar-refractivity contribution in [1.82, 2.24) is 9.88 Å². The van der Waals surface area contributed by atoms with Crippen LogP contribution in [0.3, 0.4) is 0 Å². The van der Waals surface area contributed by atoms with Gasteiger partial charge in [0.05, 0.1) is 5.52 Å². The first-order chi connectivity index (χ1) is 11.7. The summed E-state index contributed by atoms with van der Waals surface area (Å²) in [5.41, 5.74) is 3.43. The van der Waals surface area contributed by atoms with Crippen molar-refractivity contribution < 1.29 is 0 Å². The second-order valence-corrected chi connectivity index (χ2v) is 7.24. The zero-order chi connectivity index (χ0) is 16.7. The van der Waals surface area contributed by atoms with Crippen LogP contribution in [0.5, 0.6) is 0 Å². The van der Waals surface area contributed by atoms with E-state index in [1.807, 2.05) is 12.1 Å². The zero-order valence-electron chi connectivity index (χ0n) is 14.3. The number of halogens is 1. The molecule has 4 nitrogen and oxygen atoms in total. The van der Waals surface area contributed by atoms with Crippen LogP contribution in [-0.4, -0.2) is 49.3 Å². The van der Waals surface area contributed by atoms with Gasteiger partial charge in [-0.1, -0.05) is 18.5 Å². The van der Waals surface area contributed by atoms with Crippen LogP contribution in [0, 0.1) is 0 Å². The van der Waals surface area contributed by atoms with Gasteiger partial charge in [0.1, 0.15) is 5.69 Å². The maximum absolute atomic E-state index is 6.27. The van der Waals surface area contributed by atoms with Crippen LogP contribution in [0.25, 0.3) is 10.9 Å². The summed E-state index contributed by atoms with van der Waals surface area (Å²) in [5, 5.41) is 1.93. The van der Waals surface area contributed by atoms with Crippen molar-refractivity contribution in [1.29, 1.82) is 0 Å². The molecule has 24 heavy (non-hydrogen) atoms. The number of piperazine rings is 1. The molecule has 1 fully saturated rings. The van der Waals surface area contributed by atoms with Gasteiger partial charge in [-0.2, -0.15) is 0 Å². The van der Waals surface area contributed by atoms with Gasteiger partial charge in [-0.05, 0) is 49.6 Å². The van der Waals surface area contributed by atoms with Crippen LogP contribution < -0.4 is 4.90 Å². The molecule has 1 aromatic heterocycles. The molecule has 1 atom stereocenters. The van der Waals surface area contributed by atoms with Crippen molar-refractivity contribution in [2.45, 2.75) is 25.7 Å². The van der Waals surface area contributed by atoms with E-state index in [0.29, 0.717) is 5.92 Å². The van der Waals surface area contributed by atoms with Gasteiger partial charge in [-0.3, -0.25) is 4.99 Å². The molecule has 1 saturated heterocycles. The monoisotopic (exact) mass is 342 g/mol. The van der Waals surface area contributed by atoms with Crippen molar-refractivity contribution in [2.24, 2.45) is 4.99 Å². The number of hydrogen-bond donors (Lipinski definition) is 0. The van der Waals surface area contributed by atoms with Gasteiger partial charge in [0.2, 0.25) is 0 Å². The fourth-order valence-corrected chi connectivity index (χ4v) is 3.95. The van der Waals surface area contributed by atoms with E-state index in [4.69, 9.17) is 21.6 Å². The molecular formula is C19H23ClN4. The molecule has 3 heterocycles. The molecule has 4 rings (SSSR count). The Hall–Kier alpha value is -1.65. The first-order valence-corrected chi connectivity index (χ1v) is 9.14. The molecule has 1 unspecified atom stereocenters. The molecule has 5 heteroatoms. The van der Waals surface area contributed by atoms with Crippen molar-refractivity contribution in [3.63, 3.8) is 0 Å². The fourth-order valence-electron chi connectivity index (χ4n) is 3.78. The average Bonchev–Trinajstić information content (AvgIpc) is 2.61.